The summed E-state index contributed by atoms with van der Waals surface area (Å²) in [5, 5.41) is 3.51. The van der Waals surface area contributed by atoms with Gasteiger partial charge in [-0.2, -0.15) is 0 Å². The largest absolute Gasteiger partial charge is 0.382 e. The van der Waals surface area contributed by atoms with E-state index < -0.39 is 0 Å². The average molecular weight is 255 g/mol. The summed E-state index contributed by atoms with van der Waals surface area (Å²) in [7, 11) is 0. The van der Waals surface area contributed by atoms with Crippen LogP contribution in [0, 0.1) is 6.92 Å². The Balaban J connectivity index is 2.06. The first kappa shape index (κ1) is 9.99. The molecule has 14 heavy (non-hydrogen) atoms. The van der Waals surface area contributed by atoms with E-state index in [0.29, 0.717) is 12.1 Å². The molecule has 0 aliphatic heterocycles. The summed E-state index contributed by atoms with van der Waals surface area (Å²) in [6.07, 6.45) is 2.18. The molecule has 0 amide bonds. The number of hydrogen-bond donors (Lipinski definition) is 2. The predicted molar refractivity (Wildman–Crippen MR) is 63.5 cm³/mol. The Morgan fingerprint density at radius 2 is 2.14 bits per heavy atom. The summed E-state index contributed by atoms with van der Waals surface area (Å²) in [4.78, 5) is 0. The minimum atomic E-state index is 0.403. The van der Waals surface area contributed by atoms with E-state index in [0.717, 1.165) is 17.3 Å². The van der Waals surface area contributed by atoms with Gasteiger partial charge in [-0.15, -0.1) is 0 Å². The van der Waals surface area contributed by atoms with Gasteiger partial charge in [-0.1, -0.05) is 22.0 Å². The van der Waals surface area contributed by atoms with Crippen molar-refractivity contribution < 1.29 is 0 Å². The second-order valence-electron chi connectivity index (χ2n) is 3.99. The van der Waals surface area contributed by atoms with Crippen molar-refractivity contribution in [3.05, 3.63) is 28.2 Å². The van der Waals surface area contributed by atoms with E-state index in [4.69, 9.17) is 5.73 Å². The lowest BCUT2D eigenvalue weighted by Crippen LogP contribution is -2.44. The van der Waals surface area contributed by atoms with Crippen LogP contribution in [0.1, 0.15) is 18.4 Å². The fourth-order valence-corrected chi connectivity index (χ4v) is 2.13. The van der Waals surface area contributed by atoms with E-state index >= 15 is 0 Å². The molecule has 1 fully saturated rings. The third-order valence-electron chi connectivity index (χ3n) is 2.80. The Hall–Kier alpha value is -0.540. The van der Waals surface area contributed by atoms with E-state index in [2.05, 4.69) is 46.4 Å². The number of halogens is 1. The van der Waals surface area contributed by atoms with Crippen molar-refractivity contribution in [2.24, 2.45) is 5.73 Å². The molecule has 1 aromatic carbocycles. The molecule has 2 nitrogen and oxygen atoms in total. The van der Waals surface area contributed by atoms with Crippen molar-refractivity contribution in [2.75, 3.05) is 5.32 Å². The SMILES string of the molecule is Cc1c(Br)cccc1NC1CC(N)C1. The highest BCUT2D eigenvalue weighted by atomic mass is 79.9. The molecule has 1 aromatic rings. The van der Waals surface area contributed by atoms with Gasteiger partial charge in [0.1, 0.15) is 0 Å². The highest BCUT2D eigenvalue weighted by molar-refractivity contribution is 9.10. The molecule has 3 heteroatoms. The van der Waals surface area contributed by atoms with Gasteiger partial charge in [-0.05, 0) is 37.5 Å². The lowest BCUT2D eigenvalue weighted by atomic mass is 9.87. The highest BCUT2D eigenvalue weighted by Gasteiger charge is 2.25. The van der Waals surface area contributed by atoms with Gasteiger partial charge < -0.3 is 11.1 Å². The maximum atomic E-state index is 5.74. The van der Waals surface area contributed by atoms with E-state index in [1.165, 1.54) is 11.3 Å². The second kappa shape index (κ2) is 3.91. The van der Waals surface area contributed by atoms with Gasteiger partial charge in [-0.25, -0.2) is 0 Å². The van der Waals surface area contributed by atoms with Crippen molar-refractivity contribution in [3.8, 4) is 0 Å². The van der Waals surface area contributed by atoms with Crippen LogP contribution < -0.4 is 11.1 Å². The third-order valence-corrected chi connectivity index (χ3v) is 3.66. The molecule has 1 aliphatic rings. The zero-order valence-corrected chi connectivity index (χ0v) is 9.84. The monoisotopic (exact) mass is 254 g/mol. The van der Waals surface area contributed by atoms with Crippen LogP contribution in [0.2, 0.25) is 0 Å². The highest BCUT2D eigenvalue weighted by Crippen LogP contribution is 2.28. The summed E-state index contributed by atoms with van der Waals surface area (Å²) in [6, 6.07) is 7.20. The zero-order chi connectivity index (χ0) is 10.1. The van der Waals surface area contributed by atoms with Crippen LogP contribution >= 0.6 is 15.9 Å². The molecule has 0 atom stereocenters. The zero-order valence-electron chi connectivity index (χ0n) is 8.26. The maximum Gasteiger partial charge on any atom is 0.0383 e. The number of nitrogens with one attached hydrogen (secondary N) is 1. The summed E-state index contributed by atoms with van der Waals surface area (Å²) in [5.41, 5.74) is 8.23. The molecule has 0 bridgehead atoms. The lowest BCUT2D eigenvalue weighted by Gasteiger charge is -2.34. The topological polar surface area (TPSA) is 38.0 Å². The van der Waals surface area contributed by atoms with Crippen LogP contribution in [0.15, 0.2) is 22.7 Å². The van der Waals surface area contributed by atoms with Gasteiger partial charge >= 0.3 is 0 Å². The van der Waals surface area contributed by atoms with Gasteiger partial charge in [-0.3, -0.25) is 0 Å². The second-order valence-corrected chi connectivity index (χ2v) is 4.84. The smallest absolute Gasteiger partial charge is 0.0383 e. The molecule has 0 spiro atoms. The van der Waals surface area contributed by atoms with Crippen molar-refractivity contribution >= 4 is 21.6 Å². The summed E-state index contributed by atoms with van der Waals surface area (Å²) >= 11 is 3.52. The number of benzene rings is 1. The van der Waals surface area contributed by atoms with E-state index in [9.17, 15) is 0 Å². The Morgan fingerprint density at radius 3 is 2.79 bits per heavy atom. The van der Waals surface area contributed by atoms with E-state index in [1.54, 1.807) is 0 Å². The molecule has 0 aromatic heterocycles. The fraction of sp³-hybridized carbons (Fsp3) is 0.455. The molecule has 76 valence electrons. The molecular weight excluding hydrogens is 240 g/mol. The molecule has 0 radical (unpaired) electrons. The van der Waals surface area contributed by atoms with Crippen molar-refractivity contribution in [3.63, 3.8) is 0 Å². The minimum Gasteiger partial charge on any atom is -0.382 e. The van der Waals surface area contributed by atoms with Crippen LogP contribution in [-0.2, 0) is 0 Å². The Bertz CT molecular complexity index is 332. The molecular formula is C11H15BrN2. The quantitative estimate of drug-likeness (QED) is 0.852. The van der Waals surface area contributed by atoms with Crippen LogP contribution in [0.25, 0.3) is 0 Å². The van der Waals surface area contributed by atoms with E-state index in [1.807, 2.05) is 0 Å². The van der Waals surface area contributed by atoms with Gasteiger partial charge in [0.2, 0.25) is 0 Å². The van der Waals surface area contributed by atoms with Gasteiger partial charge in [0.05, 0.1) is 0 Å². The fourth-order valence-electron chi connectivity index (χ4n) is 1.76. The van der Waals surface area contributed by atoms with Crippen molar-refractivity contribution in [2.45, 2.75) is 31.8 Å². The summed E-state index contributed by atoms with van der Waals surface area (Å²) in [6.45, 7) is 2.12. The predicted octanol–water partition coefficient (Wildman–Crippen LogP) is 2.66. The number of rotatable bonds is 2. The molecule has 1 saturated carbocycles. The van der Waals surface area contributed by atoms with Gasteiger partial charge in [0, 0.05) is 22.2 Å². The minimum absolute atomic E-state index is 0.403. The molecule has 0 heterocycles. The van der Waals surface area contributed by atoms with Crippen LogP contribution in [0.4, 0.5) is 5.69 Å². The molecule has 2 rings (SSSR count). The van der Waals surface area contributed by atoms with Gasteiger partial charge in [0.25, 0.3) is 0 Å². The lowest BCUT2D eigenvalue weighted by molar-refractivity contribution is 0.373. The summed E-state index contributed by atoms with van der Waals surface area (Å²) in [5.74, 6) is 0. The molecule has 3 N–H and O–H groups in total. The number of hydrogen-bond acceptors (Lipinski definition) is 2. The first-order valence-corrected chi connectivity index (χ1v) is 5.73. The van der Waals surface area contributed by atoms with E-state index in [-0.39, 0.29) is 0 Å². The third kappa shape index (κ3) is 1.93. The average Bonchev–Trinajstić information content (AvgIpc) is 2.10. The Labute approximate surface area is 93.0 Å². The standard InChI is InChI=1S/C11H15BrN2/c1-7-10(12)3-2-4-11(7)14-9-5-8(13)6-9/h2-4,8-9,14H,5-6,13H2,1H3. The molecule has 1 aliphatic carbocycles. The first-order valence-electron chi connectivity index (χ1n) is 4.94. The van der Waals surface area contributed by atoms with Crippen LogP contribution in [-0.4, -0.2) is 12.1 Å². The van der Waals surface area contributed by atoms with Crippen molar-refractivity contribution in [1.29, 1.82) is 0 Å². The Morgan fingerprint density at radius 1 is 1.43 bits per heavy atom. The van der Waals surface area contributed by atoms with Gasteiger partial charge in [0.15, 0.2) is 0 Å². The van der Waals surface area contributed by atoms with Crippen molar-refractivity contribution in [1.82, 2.24) is 0 Å². The molecule has 0 saturated heterocycles. The van der Waals surface area contributed by atoms with Crippen LogP contribution in [0.5, 0.6) is 0 Å². The molecule has 0 unspecified atom stereocenters. The first-order chi connectivity index (χ1) is 6.66. The maximum absolute atomic E-state index is 5.74. The number of anilines is 1. The normalized spacial score (nSPS) is 25.6. The van der Waals surface area contributed by atoms with Crippen LogP contribution in [0.3, 0.4) is 0 Å². The number of nitrogens with two attached hydrogens (primary N) is 1. The summed E-state index contributed by atoms with van der Waals surface area (Å²) < 4.78 is 1.16. The Kier molecular flexibility index (Phi) is 2.79.